The Bertz CT molecular complexity index is 795. The molecule has 2 rings (SSSR count). The quantitative estimate of drug-likeness (QED) is 0.811. The zero-order chi connectivity index (χ0) is 18.2. The molecule has 130 valence electrons. The summed E-state index contributed by atoms with van der Waals surface area (Å²) in [6, 6.07) is 9.62. The van der Waals surface area contributed by atoms with Gasteiger partial charge in [-0.1, -0.05) is 26.0 Å². The summed E-state index contributed by atoms with van der Waals surface area (Å²) < 4.78 is 0. The van der Waals surface area contributed by atoms with Crippen molar-refractivity contribution in [3.8, 4) is 6.07 Å². The fraction of sp³-hybridized carbons (Fsp3) is 0.368. The van der Waals surface area contributed by atoms with Crippen LogP contribution in [0.3, 0.4) is 0 Å². The van der Waals surface area contributed by atoms with Crippen molar-refractivity contribution in [2.24, 2.45) is 0 Å². The van der Waals surface area contributed by atoms with Crippen molar-refractivity contribution < 1.29 is 4.79 Å². The van der Waals surface area contributed by atoms with E-state index in [0.717, 1.165) is 29.7 Å². The molecule has 0 fully saturated rings. The third-order valence-electron chi connectivity index (χ3n) is 3.94. The zero-order valence-electron chi connectivity index (χ0n) is 14.9. The molecular formula is C19H23N5O. The third kappa shape index (κ3) is 4.32. The van der Waals surface area contributed by atoms with Gasteiger partial charge in [0.2, 0.25) is 0 Å². The summed E-state index contributed by atoms with van der Waals surface area (Å²) in [5, 5.41) is 23.9. The fourth-order valence-corrected chi connectivity index (χ4v) is 2.69. The monoisotopic (exact) mass is 337 g/mol. The highest BCUT2D eigenvalue weighted by molar-refractivity contribution is 5.94. The summed E-state index contributed by atoms with van der Waals surface area (Å²) in [4.78, 5) is 11.9. The molecule has 0 saturated heterocycles. The van der Waals surface area contributed by atoms with E-state index in [1.165, 1.54) is 0 Å². The molecule has 0 bridgehead atoms. The number of hydrogen-bond donors (Lipinski definition) is 2. The molecule has 2 aromatic rings. The summed E-state index contributed by atoms with van der Waals surface area (Å²) in [6.07, 6.45) is 1.49. The number of nitrogens with zero attached hydrogens (tertiary/aromatic N) is 3. The lowest BCUT2D eigenvalue weighted by Crippen LogP contribution is -2.22. The molecule has 0 saturated carbocycles. The van der Waals surface area contributed by atoms with Gasteiger partial charge in [0.25, 0.3) is 5.91 Å². The number of nitrogens with one attached hydrogen (secondary N) is 2. The first-order chi connectivity index (χ1) is 12.1. The SMILES string of the molecule is CCNC(=O)c1cccc(CNc2nnc(CC)c(CC)c2C#N)c1. The largest absolute Gasteiger partial charge is 0.363 e. The van der Waals surface area contributed by atoms with E-state index in [-0.39, 0.29) is 5.91 Å². The number of nitriles is 1. The molecule has 0 radical (unpaired) electrons. The first kappa shape index (κ1) is 18.4. The van der Waals surface area contributed by atoms with Crippen LogP contribution in [0.5, 0.6) is 0 Å². The highest BCUT2D eigenvalue weighted by atomic mass is 16.1. The standard InChI is InChI=1S/C19H23N5O/c1-4-15-16(11-20)18(24-23-17(15)5-2)22-12-13-8-7-9-14(10-13)19(25)21-6-3/h7-10H,4-6,12H2,1-3H3,(H,21,25)(H,22,24). The van der Waals surface area contributed by atoms with E-state index in [1.807, 2.05) is 39.0 Å². The third-order valence-corrected chi connectivity index (χ3v) is 3.94. The molecule has 6 heteroatoms. The molecular weight excluding hydrogens is 314 g/mol. The van der Waals surface area contributed by atoms with Gasteiger partial charge in [-0.05, 0) is 43.0 Å². The van der Waals surface area contributed by atoms with Gasteiger partial charge in [-0.3, -0.25) is 4.79 Å². The molecule has 0 aliphatic heterocycles. The number of carbonyl (C=O) groups excluding carboxylic acids is 1. The van der Waals surface area contributed by atoms with Gasteiger partial charge >= 0.3 is 0 Å². The molecule has 0 aliphatic carbocycles. The Kier molecular flexibility index (Phi) is 6.47. The molecule has 1 aromatic heterocycles. The van der Waals surface area contributed by atoms with Gasteiger partial charge in [0.05, 0.1) is 5.69 Å². The summed E-state index contributed by atoms with van der Waals surface area (Å²) in [7, 11) is 0. The fourth-order valence-electron chi connectivity index (χ4n) is 2.69. The van der Waals surface area contributed by atoms with Gasteiger partial charge in [-0.15, -0.1) is 5.10 Å². The van der Waals surface area contributed by atoms with Crippen molar-refractivity contribution in [3.05, 3.63) is 52.2 Å². The number of aromatic nitrogens is 2. The molecule has 25 heavy (non-hydrogen) atoms. The van der Waals surface area contributed by atoms with Gasteiger partial charge < -0.3 is 10.6 Å². The Morgan fingerprint density at radius 2 is 2.00 bits per heavy atom. The van der Waals surface area contributed by atoms with Crippen LogP contribution in [-0.4, -0.2) is 22.6 Å². The van der Waals surface area contributed by atoms with Gasteiger partial charge in [0.1, 0.15) is 11.6 Å². The number of benzene rings is 1. The van der Waals surface area contributed by atoms with Crippen LogP contribution in [0.2, 0.25) is 0 Å². The van der Waals surface area contributed by atoms with Crippen LogP contribution in [-0.2, 0) is 19.4 Å². The van der Waals surface area contributed by atoms with Crippen molar-refractivity contribution >= 4 is 11.7 Å². The smallest absolute Gasteiger partial charge is 0.251 e. The predicted octanol–water partition coefficient (Wildman–Crippen LogP) is 2.83. The second kappa shape index (κ2) is 8.78. The minimum Gasteiger partial charge on any atom is -0.363 e. The van der Waals surface area contributed by atoms with Crippen LogP contribution >= 0.6 is 0 Å². The first-order valence-corrected chi connectivity index (χ1v) is 8.54. The molecule has 0 aliphatic rings. The lowest BCUT2D eigenvalue weighted by atomic mass is 10.0. The maximum Gasteiger partial charge on any atom is 0.251 e. The lowest BCUT2D eigenvalue weighted by Gasteiger charge is -2.12. The van der Waals surface area contributed by atoms with Gasteiger partial charge in [0.15, 0.2) is 5.82 Å². The number of carbonyl (C=O) groups is 1. The second-order valence-electron chi connectivity index (χ2n) is 5.58. The number of hydrogen-bond acceptors (Lipinski definition) is 5. The summed E-state index contributed by atoms with van der Waals surface area (Å²) in [5.41, 5.74) is 3.91. The van der Waals surface area contributed by atoms with E-state index in [2.05, 4.69) is 26.9 Å². The van der Waals surface area contributed by atoms with Crippen molar-refractivity contribution in [1.29, 1.82) is 5.26 Å². The minimum absolute atomic E-state index is 0.0950. The van der Waals surface area contributed by atoms with Crippen molar-refractivity contribution in [1.82, 2.24) is 15.5 Å². The topological polar surface area (TPSA) is 90.7 Å². The molecule has 6 nitrogen and oxygen atoms in total. The number of rotatable bonds is 7. The van der Waals surface area contributed by atoms with E-state index < -0.39 is 0 Å². The van der Waals surface area contributed by atoms with E-state index in [9.17, 15) is 10.1 Å². The van der Waals surface area contributed by atoms with Gasteiger partial charge in [-0.25, -0.2) is 0 Å². The van der Waals surface area contributed by atoms with E-state index >= 15 is 0 Å². The highest BCUT2D eigenvalue weighted by Gasteiger charge is 2.14. The van der Waals surface area contributed by atoms with Gasteiger partial charge in [0, 0.05) is 18.7 Å². The van der Waals surface area contributed by atoms with Gasteiger partial charge in [-0.2, -0.15) is 10.4 Å². The Balaban J connectivity index is 2.21. The Hall–Kier alpha value is -2.94. The molecule has 0 spiro atoms. The highest BCUT2D eigenvalue weighted by Crippen LogP contribution is 2.20. The molecule has 2 N–H and O–H groups in total. The molecule has 0 atom stereocenters. The Labute approximate surface area is 148 Å². The molecule has 1 heterocycles. The molecule has 1 amide bonds. The Morgan fingerprint density at radius 1 is 1.20 bits per heavy atom. The maximum absolute atomic E-state index is 11.9. The molecule has 1 aromatic carbocycles. The van der Waals surface area contributed by atoms with Crippen molar-refractivity contribution in [3.63, 3.8) is 0 Å². The van der Waals surface area contributed by atoms with Crippen LogP contribution in [0.15, 0.2) is 24.3 Å². The summed E-state index contributed by atoms with van der Waals surface area (Å²) >= 11 is 0. The first-order valence-electron chi connectivity index (χ1n) is 8.54. The lowest BCUT2D eigenvalue weighted by molar-refractivity contribution is 0.0955. The number of anilines is 1. The minimum atomic E-state index is -0.0950. The Morgan fingerprint density at radius 3 is 2.64 bits per heavy atom. The van der Waals surface area contributed by atoms with Crippen LogP contribution < -0.4 is 10.6 Å². The maximum atomic E-state index is 11.9. The van der Waals surface area contributed by atoms with E-state index in [0.29, 0.717) is 30.0 Å². The van der Waals surface area contributed by atoms with Crippen LogP contribution in [0.25, 0.3) is 0 Å². The average molecular weight is 337 g/mol. The van der Waals surface area contributed by atoms with Crippen LogP contribution in [0.1, 0.15) is 53.5 Å². The predicted molar refractivity (Wildman–Crippen MR) is 97.3 cm³/mol. The van der Waals surface area contributed by atoms with Crippen molar-refractivity contribution in [2.75, 3.05) is 11.9 Å². The molecule has 0 unspecified atom stereocenters. The number of amides is 1. The normalized spacial score (nSPS) is 10.2. The second-order valence-corrected chi connectivity index (χ2v) is 5.58. The summed E-state index contributed by atoms with van der Waals surface area (Å²) in [5.74, 6) is 0.391. The van der Waals surface area contributed by atoms with E-state index in [1.54, 1.807) is 6.07 Å². The van der Waals surface area contributed by atoms with Crippen LogP contribution in [0, 0.1) is 11.3 Å². The van der Waals surface area contributed by atoms with Crippen LogP contribution in [0.4, 0.5) is 5.82 Å². The van der Waals surface area contributed by atoms with E-state index in [4.69, 9.17) is 0 Å². The zero-order valence-corrected chi connectivity index (χ0v) is 14.9. The van der Waals surface area contributed by atoms with Crippen molar-refractivity contribution in [2.45, 2.75) is 40.2 Å². The average Bonchev–Trinajstić information content (AvgIpc) is 2.65. The summed E-state index contributed by atoms with van der Waals surface area (Å²) in [6.45, 7) is 6.95. The number of aryl methyl sites for hydroxylation is 1.